The third-order valence-corrected chi connectivity index (χ3v) is 2.03. The molecule has 1 rings (SSSR count). The molecular formula is C6H13NS. The molecule has 0 heterocycles. The third kappa shape index (κ3) is 2.58. The van der Waals surface area contributed by atoms with Gasteiger partial charge in [-0.05, 0) is 18.6 Å². The molecule has 1 saturated carbocycles. The SMILES string of the molecule is CCSCNC1CC1. The molecule has 8 heavy (non-hydrogen) atoms. The lowest BCUT2D eigenvalue weighted by molar-refractivity contribution is 0.789. The molecule has 0 bridgehead atoms. The van der Waals surface area contributed by atoms with E-state index in [-0.39, 0.29) is 0 Å². The molecule has 1 fully saturated rings. The Bertz CT molecular complexity index is 61.5. The van der Waals surface area contributed by atoms with Gasteiger partial charge in [0.1, 0.15) is 0 Å². The van der Waals surface area contributed by atoms with Crippen molar-refractivity contribution >= 4 is 11.8 Å². The average Bonchev–Trinajstić information content (AvgIpc) is 2.51. The summed E-state index contributed by atoms with van der Waals surface area (Å²) >= 11 is 1.97. The molecule has 1 N–H and O–H groups in total. The van der Waals surface area contributed by atoms with Crippen LogP contribution in [0.5, 0.6) is 0 Å². The zero-order valence-electron chi connectivity index (χ0n) is 5.31. The number of hydrogen-bond acceptors (Lipinski definition) is 2. The Morgan fingerprint density at radius 1 is 1.62 bits per heavy atom. The second kappa shape index (κ2) is 3.36. The first-order chi connectivity index (χ1) is 3.93. The number of hydrogen-bond donors (Lipinski definition) is 1. The molecule has 0 radical (unpaired) electrons. The molecule has 1 nitrogen and oxygen atoms in total. The van der Waals surface area contributed by atoms with E-state index < -0.39 is 0 Å². The summed E-state index contributed by atoms with van der Waals surface area (Å²) in [6.07, 6.45) is 2.81. The quantitative estimate of drug-likeness (QED) is 0.458. The zero-order chi connectivity index (χ0) is 5.82. The van der Waals surface area contributed by atoms with Crippen LogP contribution in [-0.2, 0) is 0 Å². The lowest BCUT2D eigenvalue weighted by atomic mass is 10.7. The van der Waals surface area contributed by atoms with E-state index in [1.807, 2.05) is 11.8 Å². The second-order valence-electron chi connectivity index (χ2n) is 2.12. The highest BCUT2D eigenvalue weighted by atomic mass is 32.2. The van der Waals surface area contributed by atoms with E-state index in [9.17, 15) is 0 Å². The maximum Gasteiger partial charge on any atom is 0.0419 e. The molecule has 0 aromatic heterocycles. The lowest BCUT2D eigenvalue weighted by Crippen LogP contribution is -2.14. The van der Waals surface area contributed by atoms with E-state index in [0.717, 1.165) is 11.9 Å². The molecule has 0 saturated heterocycles. The largest absolute Gasteiger partial charge is 0.305 e. The summed E-state index contributed by atoms with van der Waals surface area (Å²) in [7, 11) is 0. The van der Waals surface area contributed by atoms with Crippen LogP contribution in [0, 0.1) is 0 Å². The van der Waals surface area contributed by atoms with Gasteiger partial charge < -0.3 is 5.32 Å². The molecule has 2 heteroatoms. The van der Waals surface area contributed by atoms with Gasteiger partial charge in [0.25, 0.3) is 0 Å². The molecule has 0 unspecified atom stereocenters. The summed E-state index contributed by atoms with van der Waals surface area (Å²) in [6.45, 7) is 2.19. The lowest BCUT2D eigenvalue weighted by Gasteiger charge is -1.97. The van der Waals surface area contributed by atoms with Gasteiger partial charge in [-0.3, -0.25) is 0 Å². The van der Waals surface area contributed by atoms with E-state index in [0.29, 0.717) is 0 Å². The number of thioether (sulfide) groups is 1. The van der Waals surface area contributed by atoms with Gasteiger partial charge in [0.05, 0.1) is 0 Å². The Balaban J connectivity index is 1.74. The predicted molar refractivity (Wildman–Crippen MR) is 39.2 cm³/mol. The van der Waals surface area contributed by atoms with Crippen LogP contribution < -0.4 is 5.32 Å². The van der Waals surface area contributed by atoms with E-state index in [1.165, 1.54) is 18.6 Å². The fraction of sp³-hybridized carbons (Fsp3) is 1.00. The molecule has 0 atom stereocenters. The fourth-order valence-electron chi connectivity index (χ4n) is 0.566. The van der Waals surface area contributed by atoms with Crippen LogP contribution in [0.2, 0.25) is 0 Å². The van der Waals surface area contributed by atoms with Crippen LogP contribution in [0.3, 0.4) is 0 Å². The molecule has 1 aliphatic rings. The van der Waals surface area contributed by atoms with Crippen molar-refractivity contribution in [1.29, 1.82) is 0 Å². The van der Waals surface area contributed by atoms with Crippen molar-refractivity contribution in [3.8, 4) is 0 Å². The molecule has 48 valence electrons. The van der Waals surface area contributed by atoms with Gasteiger partial charge in [0.2, 0.25) is 0 Å². The first kappa shape index (κ1) is 6.43. The zero-order valence-corrected chi connectivity index (χ0v) is 6.13. The molecule has 0 aromatic rings. The van der Waals surface area contributed by atoms with Crippen molar-refractivity contribution in [2.75, 3.05) is 11.6 Å². The Hall–Kier alpha value is 0.310. The maximum atomic E-state index is 3.42. The van der Waals surface area contributed by atoms with Gasteiger partial charge in [-0.25, -0.2) is 0 Å². The molecule has 0 aliphatic heterocycles. The Morgan fingerprint density at radius 2 is 2.38 bits per heavy atom. The van der Waals surface area contributed by atoms with Gasteiger partial charge in [-0.15, -0.1) is 11.8 Å². The van der Waals surface area contributed by atoms with E-state index >= 15 is 0 Å². The topological polar surface area (TPSA) is 12.0 Å². The maximum absolute atomic E-state index is 3.42. The minimum absolute atomic E-state index is 0.883. The van der Waals surface area contributed by atoms with Crippen LogP contribution in [-0.4, -0.2) is 17.7 Å². The predicted octanol–water partition coefficient (Wildman–Crippen LogP) is 1.45. The average molecular weight is 131 g/mol. The minimum Gasteiger partial charge on any atom is -0.305 e. The van der Waals surface area contributed by atoms with Crippen LogP contribution in [0.4, 0.5) is 0 Å². The van der Waals surface area contributed by atoms with Crippen molar-refractivity contribution in [1.82, 2.24) is 5.32 Å². The van der Waals surface area contributed by atoms with Crippen molar-refractivity contribution in [3.63, 3.8) is 0 Å². The molecule has 1 aliphatic carbocycles. The van der Waals surface area contributed by atoms with Gasteiger partial charge in [-0.1, -0.05) is 6.92 Å². The highest BCUT2D eigenvalue weighted by Crippen LogP contribution is 2.18. The molecule has 0 amide bonds. The van der Waals surface area contributed by atoms with Gasteiger partial charge in [0.15, 0.2) is 0 Å². The Morgan fingerprint density at radius 3 is 2.88 bits per heavy atom. The van der Waals surface area contributed by atoms with E-state index in [2.05, 4.69) is 12.2 Å². The Kier molecular flexibility index (Phi) is 2.70. The van der Waals surface area contributed by atoms with E-state index in [1.54, 1.807) is 0 Å². The third-order valence-electron chi connectivity index (χ3n) is 1.26. The molecular weight excluding hydrogens is 118 g/mol. The van der Waals surface area contributed by atoms with Crippen molar-refractivity contribution in [2.24, 2.45) is 0 Å². The van der Waals surface area contributed by atoms with E-state index in [4.69, 9.17) is 0 Å². The Labute approximate surface area is 55.2 Å². The summed E-state index contributed by atoms with van der Waals surface area (Å²) in [6, 6.07) is 0.883. The normalized spacial score (nSPS) is 19.1. The van der Waals surface area contributed by atoms with Crippen molar-refractivity contribution < 1.29 is 0 Å². The summed E-state index contributed by atoms with van der Waals surface area (Å²) in [5.74, 6) is 2.39. The van der Waals surface area contributed by atoms with Crippen LogP contribution in [0.15, 0.2) is 0 Å². The number of nitrogens with one attached hydrogen (secondary N) is 1. The van der Waals surface area contributed by atoms with Gasteiger partial charge in [-0.2, -0.15) is 0 Å². The summed E-state index contributed by atoms with van der Waals surface area (Å²) in [5, 5.41) is 3.42. The van der Waals surface area contributed by atoms with Crippen molar-refractivity contribution in [2.45, 2.75) is 25.8 Å². The minimum atomic E-state index is 0.883. The molecule has 0 aromatic carbocycles. The van der Waals surface area contributed by atoms with Gasteiger partial charge in [0, 0.05) is 11.9 Å². The standard InChI is InChI=1S/C6H13NS/c1-2-8-5-7-6-3-4-6/h6-7H,2-5H2,1H3. The monoisotopic (exact) mass is 131 g/mol. The van der Waals surface area contributed by atoms with Crippen LogP contribution in [0.25, 0.3) is 0 Å². The first-order valence-electron chi connectivity index (χ1n) is 3.24. The first-order valence-corrected chi connectivity index (χ1v) is 4.40. The summed E-state index contributed by atoms with van der Waals surface area (Å²) in [5.41, 5.74) is 0. The highest BCUT2D eigenvalue weighted by molar-refractivity contribution is 7.99. The number of rotatable bonds is 4. The highest BCUT2D eigenvalue weighted by Gasteiger charge is 2.19. The van der Waals surface area contributed by atoms with Crippen LogP contribution >= 0.6 is 11.8 Å². The smallest absolute Gasteiger partial charge is 0.0419 e. The summed E-state index contributed by atoms with van der Waals surface area (Å²) in [4.78, 5) is 0. The fourth-order valence-corrected chi connectivity index (χ4v) is 1.12. The van der Waals surface area contributed by atoms with Crippen molar-refractivity contribution in [3.05, 3.63) is 0 Å². The summed E-state index contributed by atoms with van der Waals surface area (Å²) < 4.78 is 0. The van der Waals surface area contributed by atoms with Gasteiger partial charge >= 0.3 is 0 Å². The van der Waals surface area contributed by atoms with Crippen LogP contribution in [0.1, 0.15) is 19.8 Å². The second-order valence-corrected chi connectivity index (χ2v) is 3.39. The molecule has 0 spiro atoms.